The number of phosphoric acid groups is 1. The van der Waals surface area contributed by atoms with E-state index in [9.17, 15) is 19.4 Å². The van der Waals surface area contributed by atoms with Crippen molar-refractivity contribution in [3.8, 4) is 0 Å². The molecule has 0 heterocycles. The third-order valence-corrected chi connectivity index (χ3v) is 10.5. The number of nitrogens with one attached hydrogen (secondary N) is 1. The zero-order valence-corrected chi connectivity index (χ0v) is 34.5. The summed E-state index contributed by atoms with van der Waals surface area (Å²) in [6.07, 6.45) is 36.7. The largest absolute Gasteiger partial charge is 0.756 e. The molecule has 3 atom stereocenters. The molecule has 0 rings (SSSR count). The molecule has 3 unspecified atom stereocenters. The van der Waals surface area contributed by atoms with Crippen molar-refractivity contribution in [2.24, 2.45) is 0 Å². The number of aliphatic hydroxyl groups is 1. The lowest BCUT2D eigenvalue weighted by Crippen LogP contribution is -2.45. The summed E-state index contributed by atoms with van der Waals surface area (Å²) in [4.78, 5) is 25.2. The van der Waals surface area contributed by atoms with Gasteiger partial charge in [0, 0.05) is 6.42 Å². The molecule has 0 aliphatic heterocycles. The van der Waals surface area contributed by atoms with Crippen molar-refractivity contribution in [2.75, 3.05) is 40.9 Å². The van der Waals surface area contributed by atoms with E-state index < -0.39 is 20.0 Å². The van der Waals surface area contributed by atoms with Crippen LogP contribution in [0.4, 0.5) is 0 Å². The zero-order valence-electron chi connectivity index (χ0n) is 33.6. The number of unbranched alkanes of at least 4 members (excludes halogenated alkanes) is 25. The van der Waals surface area contributed by atoms with Gasteiger partial charge < -0.3 is 28.8 Å². The number of allylic oxidation sites excluding steroid dienone is 1. The Kier molecular flexibility index (Phi) is 33.5. The SMILES string of the molecule is CCCCCCCCCCCCCCC/C=C/C(O)C(COP(=O)([O-])OCC[N+](C)(C)C)NC(=O)CCCCCCCCCCCCCCC. The average molecular weight is 731 g/mol. The number of hydrogen-bond donors (Lipinski definition) is 2. The van der Waals surface area contributed by atoms with Crippen molar-refractivity contribution in [3.63, 3.8) is 0 Å². The van der Waals surface area contributed by atoms with Gasteiger partial charge in [0.15, 0.2) is 0 Å². The van der Waals surface area contributed by atoms with E-state index in [4.69, 9.17) is 9.05 Å². The van der Waals surface area contributed by atoms with Crippen LogP contribution in [0.25, 0.3) is 0 Å². The average Bonchev–Trinajstić information content (AvgIpc) is 3.06. The predicted octanol–water partition coefficient (Wildman–Crippen LogP) is 10.6. The van der Waals surface area contributed by atoms with Gasteiger partial charge >= 0.3 is 0 Å². The van der Waals surface area contributed by atoms with Gasteiger partial charge in [0.05, 0.1) is 39.9 Å². The number of carbonyl (C=O) groups is 1. The van der Waals surface area contributed by atoms with E-state index in [0.717, 1.165) is 38.5 Å². The smallest absolute Gasteiger partial charge is 0.268 e. The summed E-state index contributed by atoms with van der Waals surface area (Å²) in [5, 5.41) is 13.7. The molecule has 0 fully saturated rings. The van der Waals surface area contributed by atoms with E-state index >= 15 is 0 Å². The number of rotatable bonds is 38. The van der Waals surface area contributed by atoms with Gasteiger partial charge in [-0.3, -0.25) is 9.36 Å². The second kappa shape index (κ2) is 34.0. The summed E-state index contributed by atoms with van der Waals surface area (Å²) in [7, 11) is 1.27. The number of quaternary nitrogens is 1. The summed E-state index contributed by atoms with van der Waals surface area (Å²) in [5.41, 5.74) is 0. The van der Waals surface area contributed by atoms with Crippen molar-refractivity contribution >= 4 is 13.7 Å². The highest BCUT2D eigenvalue weighted by atomic mass is 31.2. The number of hydrogen-bond acceptors (Lipinski definition) is 6. The zero-order chi connectivity index (χ0) is 37.2. The minimum atomic E-state index is -4.58. The molecule has 298 valence electrons. The van der Waals surface area contributed by atoms with Crippen LogP contribution in [0.3, 0.4) is 0 Å². The standard InChI is InChI=1S/C41H83N2O6P/c1-6-8-10-12-14-16-18-20-21-23-24-26-28-30-32-34-40(44)39(38-49-50(46,47)48-37-36-43(3,4)5)42-41(45)35-33-31-29-27-25-22-19-17-15-13-11-9-7-2/h32,34,39-40,44H,6-31,33,35-38H2,1-5H3,(H-,42,45,46,47)/b34-32+. The van der Waals surface area contributed by atoms with Crippen molar-refractivity contribution in [3.05, 3.63) is 12.2 Å². The minimum Gasteiger partial charge on any atom is -0.756 e. The molecular weight excluding hydrogens is 647 g/mol. The lowest BCUT2D eigenvalue weighted by atomic mass is 10.0. The molecule has 9 heteroatoms. The van der Waals surface area contributed by atoms with Crippen LogP contribution in [0.15, 0.2) is 12.2 Å². The summed E-state index contributed by atoms with van der Waals surface area (Å²) in [6.45, 7) is 4.64. The van der Waals surface area contributed by atoms with Crippen LogP contribution in [0.5, 0.6) is 0 Å². The lowest BCUT2D eigenvalue weighted by molar-refractivity contribution is -0.870. The van der Waals surface area contributed by atoms with Crippen molar-refractivity contribution in [1.29, 1.82) is 0 Å². The van der Waals surface area contributed by atoms with Crippen LogP contribution in [-0.2, 0) is 18.4 Å². The van der Waals surface area contributed by atoms with E-state index in [-0.39, 0.29) is 19.1 Å². The Balaban J connectivity index is 4.46. The normalized spacial score (nSPS) is 14.6. The Morgan fingerprint density at radius 2 is 1.08 bits per heavy atom. The van der Waals surface area contributed by atoms with Gasteiger partial charge in [-0.05, 0) is 19.3 Å². The highest BCUT2D eigenvalue weighted by Crippen LogP contribution is 2.38. The number of amides is 1. The van der Waals surface area contributed by atoms with Gasteiger partial charge in [0.2, 0.25) is 5.91 Å². The fourth-order valence-electron chi connectivity index (χ4n) is 6.09. The molecule has 0 aromatic rings. The summed E-state index contributed by atoms with van der Waals surface area (Å²) in [6, 6.07) is -0.878. The molecular formula is C41H83N2O6P. The van der Waals surface area contributed by atoms with Crippen LogP contribution >= 0.6 is 7.82 Å². The monoisotopic (exact) mass is 731 g/mol. The Hall–Kier alpha value is -0.760. The number of likely N-dealkylation sites (N-methyl/N-ethyl adjacent to an activating group) is 1. The Morgan fingerprint density at radius 1 is 0.680 bits per heavy atom. The van der Waals surface area contributed by atoms with Gasteiger partial charge in [-0.25, -0.2) is 0 Å². The fraction of sp³-hybridized carbons (Fsp3) is 0.927. The van der Waals surface area contributed by atoms with Gasteiger partial charge in [-0.1, -0.05) is 180 Å². The molecule has 2 N–H and O–H groups in total. The molecule has 0 radical (unpaired) electrons. The van der Waals surface area contributed by atoms with E-state index in [0.29, 0.717) is 17.4 Å². The highest BCUT2D eigenvalue weighted by molar-refractivity contribution is 7.45. The minimum absolute atomic E-state index is 0.00192. The molecule has 0 saturated carbocycles. The third-order valence-electron chi connectivity index (χ3n) is 9.50. The van der Waals surface area contributed by atoms with Gasteiger partial charge in [-0.2, -0.15) is 0 Å². The van der Waals surface area contributed by atoms with Crippen molar-refractivity contribution in [2.45, 2.75) is 206 Å². The maximum absolute atomic E-state index is 12.8. The van der Waals surface area contributed by atoms with Gasteiger partial charge in [0.1, 0.15) is 13.2 Å². The number of phosphoric ester groups is 1. The van der Waals surface area contributed by atoms with E-state index in [1.54, 1.807) is 6.08 Å². The van der Waals surface area contributed by atoms with E-state index in [1.807, 2.05) is 27.2 Å². The van der Waals surface area contributed by atoms with Gasteiger partial charge in [-0.15, -0.1) is 0 Å². The Labute approximate surface area is 310 Å². The van der Waals surface area contributed by atoms with Crippen LogP contribution in [-0.4, -0.2) is 68.5 Å². The molecule has 0 aromatic carbocycles. The second-order valence-corrected chi connectivity index (χ2v) is 17.1. The molecule has 0 spiro atoms. The number of aliphatic hydroxyl groups excluding tert-OH is 1. The van der Waals surface area contributed by atoms with Crippen molar-refractivity contribution < 1.29 is 32.9 Å². The lowest BCUT2D eigenvalue weighted by Gasteiger charge is -2.29. The van der Waals surface area contributed by atoms with Gasteiger partial charge in [0.25, 0.3) is 7.82 Å². The first-order valence-corrected chi connectivity index (χ1v) is 22.5. The molecule has 1 amide bonds. The number of nitrogens with zero attached hydrogens (tertiary/aromatic N) is 1. The molecule has 0 aliphatic carbocycles. The fourth-order valence-corrected chi connectivity index (χ4v) is 6.82. The first-order chi connectivity index (χ1) is 24.0. The van der Waals surface area contributed by atoms with Crippen LogP contribution in [0.2, 0.25) is 0 Å². The molecule has 50 heavy (non-hydrogen) atoms. The third kappa shape index (κ3) is 35.6. The molecule has 0 aliphatic rings. The van der Waals surface area contributed by atoms with Crippen LogP contribution in [0, 0.1) is 0 Å². The van der Waals surface area contributed by atoms with E-state index in [1.165, 1.54) is 135 Å². The summed E-state index contributed by atoms with van der Waals surface area (Å²) >= 11 is 0. The highest BCUT2D eigenvalue weighted by Gasteiger charge is 2.23. The molecule has 0 saturated heterocycles. The summed E-state index contributed by atoms with van der Waals surface area (Å²) in [5.74, 6) is -0.197. The first-order valence-electron chi connectivity index (χ1n) is 21.1. The van der Waals surface area contributed by atoms with Crippen LogP contribution in [0.1, 0.15) is 194 Å². The Morgan fingerprint density at radius 3 is 1.50 bits per heavy atom. The molecule has 8 nitrogen and oxygen atoms in total. The van der Waals surface area contributed by atoms with Crippen molar-refractivity contribution in [1.82, 2.24) is 5.32 Å². The summed E-state index contributed by atoms with van der Waals surface area (Å²) < 4.78 is 23.1. The maximum Gasteiger partial charge on any atom is 0.268 e. The second-order valence-electron chi connectivity index (χ2n) is 15.7. The maximum atomic E-state index is 12.8. The quantitative estimate of drug-likeness (QED) is 0.0283. The predicted molar refractivity (Wildman–Crippen MR) is 210 cm³/mol. The first kappa shape index (κ1) is 49.2. The van der Waals surface area contributed by atoms with Crippen LogP contribution < -0.4 is 10.2 Å². The molecule has 0 aromatic heterocycles. The molecule has 0 bridgehead atoms. The van der Waals surface area contributed by atoms with E-state index in [2.05, 4.69) is 19.2 Å². The Bertz CT molecular complexity index is 834. The number of carbonyl (C=O) groups excluding carboxylic acids is 1. The topological polar surface area (TPSA) is 108 Å².